The maximum Gasteiger partial charge on any atom is 0.240 e. The van der Waals surface area contributed by atoms with Gasteiger partial charge in [-0.15, -0.1) is 0 Å². The van der Waals surface area contributed by atoms with E-state index in [0.717, 1.165) is 52.3 Å². The lowest BCUT2D eigenvalue weighted by atomic mass is 9.93. The highest BCUT2D eigenvalue weighted by molar-refractivity contribution is 5.83. The van der Waals surface area contributed by atoms with Gasteiger partial charge in [-0.1, -0.05) is 38.1 Å². The van der Waals surface area contributed by atoms with Gasteiger partial charge in [0, 0.05) is 36.5 Å². The number of aromatic nitrogens is 5. The van der Waals surface area contributed by atoms with Crippen molar-refractivity contribution < 1.29 is 4.79 Å². The molecule has 4 aromatic rings. The number of amides is 1. The van der Waals surface area contributed by atoms with E-state index in [1.165, 1.54) is 5.56 Å². The van der Waals surface area contributed by atoms with Crippen molar-refractivity contribution in [1.82, 2.24) is 34.6 Å². The molecule has 0 bridgehead atoms. The van der Waals surface area contributed by atoms with Crippen LogP contribution < -0.4 is 0 Å². The fraction of sp³-hybridized carbons (Fsp3) is 0.407. The van der Waals surface area contributed by atoms with Gasteiger partial charge >= 0.3 is 0 Å². The number of carbonyl (C=O) groups excluding carboxylic acids is 1. The molecule has 2 atom stereocenters. The first-order chi connectivity index (χ1) is 16.8. The zero-order chi connectivity index (χ0) is 24.9. The fourth-order valence-electron chi connectivity index (χ4n) is 4.98. The molecule has 0 radical (unpaired) electrons. The Morgan fingerprint density at radius 1 is 1.17 bits per heavy atom. The number of pyridine rings is 1. The number of likely N-dealkylation sites (tertiary alicyclic amines) is 1. The Morgan fingerprint density at radius 3 is 2.54 bits per heavy atom. The van der Waals surface area contributed by atoms with E-state index < -0.39 is 0 Å². The van der Waals surface area contributed by atoms with Gasteiger partial charge in [0.15, 0.2) is 5.65 Å². The van der Waals surface area contributed by atoms with E-state index in [1.54, 1.807) is 6.33 Å². The summed E-state index contributed by atoms with van der Waals surface area (Å²) in [7, 11) is 3.91. The van der Waals surface area contributed by atoms with Crippen molar-refractivity contribution in [2.45, 2.75) is 52.1 Å². The summed E-state index contributed by atoms with van der Waals surface area (Å²) in [6.45, 7) is 9.49. The molecule has 5 rings (SSSR count). The number of fused-ring (bicyclic) bond motifs is 1. The Labute approximate surface area is 206 Å². The second-order valence-corrected chi connectivity index (χ2v) is 9.99. The van der Waals surface area contributed by atoms with Crippen LogP contribution in [-0.2, 0) is 4.79 Å². The number of rotatable bonds is 6. The highest BCUT2D eigenvalue weighted by Gasteiger charge is 2.34. The van der Waals surface area contributed by atoms with Gasteiger partial charge in [0.2, 0.25) is 5.91 Å². The van der Waals surface area contributed by atoms with Crippen LogP contribution in [0.2, 0.25) is 0 Å². The van der Waals surface area contributed by atoms with Crippen LogP contribution in [0.15, 0.2) is 42.9 Å². The van der Waals surface area contributed by atoms with Gasteiger partial charge in [-0.25, -0.2) is 9.50 Å². The number of nitrogens with zero attached hydrogens (tertiary/aromatic N) is 6. The van der Waals surface area contributed by atoms with Gasteiger partial charge in [0.25, 0.3) is 0 Å². The minimum Gasteiger partial charge on any atom is -0.338 e. The lowest BCUT2D eigenvalue weighted by Crippen LogP contribution is -2.54. The first-order valence-corrected chi connectivity index (χ1v) is 12.2. The summed E-state index contributed by atoms with van der Waals surface area (Å²) in [5.74, 6) is 0.460. The molecule has 182 valence electrons. The summed E-state index contributed by atoms with van der Waals surface area (Å²) in [6.07, 6.45) is 4.51. The van der Waals surface area contributed by atoms with Crippen LogP contribution in [0.5, 0.6) is 0 Å². The third-order valence-corrected chi connectivity index (χ3v) is 7.40. The average Bonchev–Trinajstić information content (AvgIpc) is 3.50. The van der Waals surface area contributed by atoms with Crippen molar-refractivity contribution in [2.75, 3.05) is 20.6 Å². The lowest BCUT2D eigenvalue weighted by Gasteiger charge is -2.40. The Hall–Kier alpha value is -3.52. The van der Waals surface area contributed by atoms with Gasteiger partial charge in [-0.05, 0) is 50.4 Å². The third-order valence-electron chi connectivity index (χ3n) is 7.40. The predicted molar refractivity (Wildman–Crippen MR) is 137 cm³/mol. The Balaban J connectivity index is 1.44. The second kappa shape index (κ2) is 8.92. The zero-order valence-corrected chi connectivity index (χ0v) is 21.3. The summed E-state index contributed by atoms with van der Waals surface area (Å²) in [4.78, 5) is 21.1. The van der Waals surface area contributed by atoms with Gasteiger partial charge < -0.3 is 4.90 Å². The number of H-pyrrole nitrogens is 1. The van der Waals surface area contributed by atoms with Crippen molar-refractivity contribution in [3.8, 4) is 22.5 Å². The van der Waals surface area contributed by atoms with Crippen molar-refractivity contribution in [3.63, 3.8) is 0 Å². The molecule has 1 aromatic carbocycles. The molecule has 1 saturated heterocycles. The maximum absolute atomic E-state index is 12.8. The van der Waals surface area contributed by atoms with Crippen LogP contribution >= 0.6 is 0 Å². The van der Waals surface area contributed by atoms with Crippen LogP contribution in [0.25, 0.3) is 28.2 Å². The number of aromatic amines is 1. The molecule has 0 spiro atoms. The van der Waals surface area contributed by atoms with Crippen LogP contribution in [0, 0.1) is 6.92 Å². The van der Waals surface area contributed by atoms with E-state index in [2.05, 4.69) is 71.2 Å². The van der Waals surface area contributed by atoms with E-state index in [1.807, 2.05) is 36.6 Å². The number of carbonyl (C=O) groups is 1. The minimum absolute atomic E-state index is 0.00208. The van der Waals surface area contributed by atoms with Crippen LogP contribution in [-0.4, -0.2) is 67.2 Å². The monoisotopic (exact) mass is 471 g/mol. The smallest absolute Gasteiger partial charge is 0.240 e. The third kappa shape index (κ3) is 4.01. The lowest BCUT2D eigenvalue weighted by molar-refractivity contribution is -0.141. The fourth-order valence-corrected chi connectivity index (χ4v) is 4.98. The van der Waals surface area contributed by atoms with Gasteiger partial charge in [0.05, 0.1) is 23.5 Å². The summed E-state index contributed by atoms with van der Waals surface area (Å²) in [5.41, 5.74) is 8.25. The highest BCUT2D eigenvalue weighted by atomic mass is 16.2. The molecule has 1 aliphatic heterocycles. The number of likely N-dealkylation sites (N-methyl/N-ethyl adjacent to an activating group) is 2. The van der Waals surface area contributed by atoms with Crippen molar-refractivity contribution in [1.29, 1.82) is 0 Å². The quantitative estimate of drug-likeness (QED) is 0.450. The molecule has 4 heterocycles. The van der Waals surface area contributed by atoms with Gasteiger partial charge in [0.1, 0.15) is 6.33 Å². The van der Waals surface area contributed by atoms with E-state index in [9.17, 15) is 4.79 Å². The molecule has 8 nitrogen and oxygen atoms in total. The summed E-state index contributed by atoms with van der Waals surface area (Å²) in [5, 5.41) is 12.3. The first-order valence-electron chi connectivity index (χ1n) is 12.2. The number of hydrogen-bond donors (Lipinski definition) is 1. The number of hydrogen-bond acceptors (Lipinski definition) is 5. The molecular weight excluding hydrogens is 438 g/mol. The zero-order valence-electron chi connectivity index (χ0n) is 21.3. The normalized spacial score (nSPS) is 17.1. The molecule has 1 unspecified atom stereocenters. The molecule has 8 heteroatoms. The standard InChI is InChI=1S/C27H33N7O/c1-16(2)23-24(30-31-25(23)21-13-17(3)26-28-15-29-34(26)14-21)20-9-7-19(8-10-20)18(4)33(6)27(35)22-11-12-32(22)5/h7-10,13-16,18,22H,11-12H2,1-6H3,(H,30,31)/t18?,22-/m0/s1. The maximum atomic E-state index is 12.8. The molecule has 1 fully saturated rings. The number of nitrogens with one attached hydrogen (secondary N) is 1. The summed E-state index contributed by atoms with van der Waals surface area (Å²) >= 11 is 0. The SMILES string of the molecule is Cc1cc(-c2[nH]nc(-c3ccc(C(C)N(C)C(=O)[C@@H]4CCN4C)cc3)c2C(C)C)cn2ncnc12. The molecule has 1 aliphatic rings. The second-order valence-electron chi connectivity index (χ2n) is 9.99. The van der Waals surface area contributed by atoms with Crippen molar-refractivity contribution in [2.24, 2.45) is 0 Å². The number of benzene rings is 1. The van der Waals surface area contributed by atoms with Crippen LogP contribution in [0.3, 0.4) is 0 Å². The average molecular weight is 472 g/mol. The van der Waals surface area contributed by atoms with E-state index >= 15 is 0 Å². The Kier molecular flexibility index (Phi) is 5.92. The molecule has 1 amide bonds. The summed E-state index contributed by atoms with van der Waals surface area (Å²) < 4.78 is 1.81. The molecule has 35 heavy (non-hydrogen) atoms. The molecule has 1 N–H and O–H groups in total. The highest BCUT2D eigenvalue weighted by Crippen LogP contribution is 2.36. The van der Waals surface area contributed by atoms with E-state index in [4.69, 9.17) is 5.10 Å². The Morgan fingerprint density at radius 2 is 1.91 bits per heavy atom. The molecule has 0 saturated carbocycles. The van der Waals surface area contributed by atoms with Crippen molar-refractivity contribution >= 4 is 11.6 Å². The van der Waals surface area contributed by atoms with Crippen molar-refractivity contribution in [3.05, 3.63) is 59.5 Å². The van der Waals surface area contributed by atoms with E-state index in [0.29, 0.717) is 0 Å². The minimum atomic E-state index is 0.00208. The van der Waals surface area contributed by atoms with Gasteiger partial charge in [-0.3, -0.25) is 14.8 Å². The molecular formula is C27H33N7O. The topological polar surface area (TPSA) is 82.4 Å². The first kappa shape index (κ1) is 23.2. The van der Waals surface area contributed by atoms with E-state index in [-0.39, 0.29) is 23.9 Å². The summed E-state index contributed by atoms with van der Waals surface area (Å²) in [6, 6.07) is 10.6. The number of aryl methyl sites for hydroxylation is 1. The van der Waals surface area contributed by atoms with Crippen LogP contribution in [0.4, 0.5) is 0 Å². The van der Waals surface area contributed by atoms with Gasteiger partial charge in [-0.2, -0.15) is 10.2 Å². The Bertz CT molecular complexity index is 1370. The predicted octanol–water partition coefficient (Wildman–Crippen LogP) is 4.44. The van der Waals surface area contributed by atoms with Crippen LogP contribution in [0.1, 0.15) is 55.8 Å². The molecule has 3 aromatic heterocycles. The largest absolute Gasteiger partial charge is 0.338 e. The molecule has 0 aliphatic carbocycles.